The highest BCUT2D eigenvalue weighted by Gasteiger charge is 2.29. The quantitative estimate of drug-likeness (QED) is 0.405. The Labute approximate surface area is 154 Å². The van der Waals surface area contributed by atoms with Crippen molar-refractivity contribution in [1.82, 2.24) is 10.3 Å². The molecule has 1 aliphatic heterocycles. The summed E-state index contributed by atoms with van der Waals surface area (Å²) in [6.07, 6.45) is 2.18. The Morgan fingerprint density at radius 1 is 1.30 bits per heavy atom. The van der Waals surface area contributed by atoms with Gasteiger partial charge in [0.05, 0.1) is 16.3 Å². The van der Waals surface area contributed by atoms with E-state index in [0.29, 0.717) is 17.1 Å². The molecule has 140 valence electrons. The van der Waals surface area contributed by atoms with Crippen molar-refractivity contribution in [3.8, 4) is 5.75 Å². The van der Waals surface area contributed by atoms with Gasteiger partial charge in [-0.25, -0.2) is 4.63 Å². The van der Waals surface area contributed by atoms with Crippen LogP contribution in [-0.4, -0.2) is 33.4 Å². The number of hydrogen-bond acceptors (Lipinski definition) is 8. The van der Waals surface area contributed by atoms with Crippen LogP contribution in [0.25, 0.3) is 11.0 Å². The molecule has 0 amide bonds. The predicted molar refractivity (Wildman–Crippen MR) is 100 cm³/mol. The van der Waals surface area contributed by atoms with E-state index in [1.165, 1.54) is 6.07 Å². The summed E-state index contributed by atoms with van der Waals surface area (Å²) in [5, 5.41) is 32.4. The summed E-state index contributed by atoms with van der Waals surface area (Å²) in [5.74, 6) is 0.511. The smallest absolute Gasteiger partial charge is 0.324 e. The van der Waals surface area contributed by atoms with Crippen LogP contribution in [0.2, 0.25) is 0 Å². The molecule has 2 N–H and O–H groups in total. The van der Waals surface area contributed by atoms with E-state index in [1.807, 2.05) is 0 Å². The van der Waals surface area contributed by atoms with Gasteiger partial charge in [0.1, 0.15) is 11.4 Å². The zero-order chi connectivity index (χ0) is 19.0. The van der Waals surface area contributed by atoms with Gasteiger partial charge < -0.3 is 15.3 Å². The molecule has 1 saturated heterocycles. The summed E-state index contributed by atoms with van der Waals surface area (Å²) >= 11 is 0. The molecule has 9 nitrogen and oxygen atoms in total. The normalized spacial score (nSPS) is 17.2. The lowest BCUT2D eigenvalue weighted by Crippen LogP contribution is -2.34. The van der Waals surface area contributed by atoms with Gasteiger partial charge in [-0.1, -0.05) is 19.1 Å². The first kappa shape index (κ1) is 17.1. The van der Waals surface area contributed by atoms with E-state index in [2.05, 4.69) is 27.5 Å². The number of fused-ring (bicyclic) bond motifs is 1. The highest BCUT2D eigenvalue weighted by molar-refractivity contribution is 6.00. The number of para-hydroxylation sites is 2. The molecular formula is C18H19N5O4. The molecule has 9 heteroatoms. The summed E-state index contributed by atoms with van der Waals surface area (Å²) in [7, 11) is 0. The van der Waals surface area contributed by atoms with E-state index < -0.39 is 4.92 Å². The highest BCUT2D eigenvalue weighted by atomic mass is 16.6. The molecule has 1 atom stereocenters. The number of benzene rings is 2. The number of hydrogen-bond donors (Lipinski definition) is 2. The third-order valence-electron chi connectivity index (χ3n) is 4.85. The minimum atomic E-state index is -0.516. The maximum absolute atomic E-state index is 11.7. The second-order valence-corrected chi connectivity index (χ2v) is 6.85. The molecule has 3 aromatic rings. The zero-order valence-electron chi connectivity index (χ0n) is 14.8. The van der Waals surface area contributed by atoms with Crippen molar-refractivity contribution < 1.29 is 14.7 Å². The number of nitrogens with zero attached hydrogens (tertiary/aromatic N) is 4. The van der Waals surface area contributed by atoms with Gasteiger partial charge in [0, 0.05) is 13.1 Å². The van der Waals surface area contributed by atoms with E-state index in [4.69, 9.17) is 4.63 Å². The number of aromatic hydroxyl groups is 1. The van der Waals surface area contributed by atoms with Crippen molar-refractivity contribution >= 4 is 33.8 Å². The fraction of sp³-hybridized carbons (Fsp3) is 0.333. The Balaban J connectivity index is 1.87. The number of aromatic nitrogens is 2. The van der Waals surface area contributed by atoms with Gasteiger partial charge in [0.25, 0.3) is 0 Å². The van der Waals surface area contributed by atoms with Gasteiger partial charge in [-0.3, -0.25) is 10.1 Å². The van der Waals surface area contributed by atoms with Gasteiger partial charge >= 0.3 is 5.69 Å². The minimum absolute atomic E-state index is 0.00156. The van der Waals surface area contributed by atoms with Crippen molar-refractivity contribution in [2.45, 2.75) is 19.8 Å². The minimum Gasteiger partial charge on any atom is -0.506 e. The monoisotopic (exact) mass is 369 g/mol. The van der Waals surface area contributed by atoms with Crippen molar-refractivity contribution in [3.63, 3.8) is 0 Å². The van der Waals surface area contributed by atoms with Crippen LogP contribution in [0.4, 0.5) is 22.7 Å². The summed E-state index contributed by atoms with van der Waals surface area (Å²) in [5.41, 5.74) is 1.57. The molecule has 0 saturated carbocycles. The Morgan fingerprint density at radius 3 is 2.81 bits per heavy atom. The van der Waals surface area contributed by atoms with Crippen molar-refractivity contribution in [3.05, 3.63) is 40.4 Å². The van der Waals surface area contributed by atoms with E-state index in [-0.39, 0.29) is 22.6 Å². The summed E-state index contributed by atoms with van der Waals surface area (Å²) in [6.45, 7) is 3.84. The van der Waals surface area contributed by atoms with Crippen LogP contribution in [-0.2, 0) is 0 Å². The van der Waals surface area contributed by atoms with E-state index in [1.54, 1.807) is 24.3 Å². The maximum atomic E-state index is 11.7. The SMILES string of the molecule is C[C@H]1CCCN(c2cc(Nc3ccccc3O)c([N+](=O)[O-])c3nonc23)C1. The van der Waals surface area contributed by atoms with Crippen molar-refractivity contribution in [1.29, 1.82) is 0 Å². The first-order chi connectivity index (χ1) is 13.0. The molecule has 0 unspecified atom stereocenters. The van der Waals surface area contributed by atoms with Gasteiger partial charge in [-0.2, -0.15) is 0 Å². The standard InChI is InChI=1S/C18H19N5O4/c1-11-5-4-8-22(10-11)14-9-13(19-12-6-2-3-7-15(12)24)18(23(25)26)17-16(14)20-27-21-17/h2-3,6-7,9,11,19,24H,4-5,8,10H2,1H3/t11-/m0/s1. The molecule has 4 rings (SSSR count). The first-order valence-electron chi connectivity index (χ1n) is 8.78. The number of phenolic OH excluding ortho intramolecular Hbond substituents is 1. The van der Waals surface area contributed by atoms with Gasteiger partial charge in [0.2, 0.25) is 5.52 Å². The number of anilines is 3. The molecule has 1 aromatic heterocycles. The number of rotatable bonds is 4. The average Bonchev–Trinajstić information content (AvgIpc) is 3.12. The van der Waals surface area contributed by atoms with Crippen LogP contribution in [0, 0.1) is 16.0 Å². The van der Waals surface area contributed by atoms with Crippen molar-refractivity contribution in [2.24, 2.45) is 5.92 Å². The second kappa shape index (κ2) is 6.75. The summed E-state index contributed by atoms with van der Waals surface area (Å²) < 4.78 is 4.83. The molecule has 1 aliphatic rings. The third-order valence-corrected chi connectivity index (χ3v) is 4.85. The fourth-order valence-electron chi connectivity index (χ4n) is 3.57. The van der Waals surface area contributed by atoms with Gasteiger partial charge in [-0.15, -0.1) is 0 Å². The molecule has 2 aromatic carbocycles. The average molecular weight is 369 g/mol. The second-order valence-electron chi connectivity index (χ2n) is 6.85. The fourth-order valence-corrected chi connectivity index (χ4v) is 3.57. The number of nitro benzene ring substituents is 1. The lowest BCUT2D eigenvalue weighted by Gasteiger charge is -2.32. The molecule has 1 fully saturated rings. The third kappa shape index (κ3) is 3.12. The number of nitrogens with one attached hydrogen (secondary N) is 1. The maximum Gasteiger partial charge on any atom is 0.324 e. The molecular weight excluding hydrogens is 350 g/mol. The van der Waals surface area contributed by atoms with Gasteiger partial charge in [0.15, 0.2) is 5.52 Å². The van der Waals surface area contributed by atoms with Crippen LogP contribution in [0.15, 0.2) is 35.0 Å². The van der Waals surface area contributed by atoms with Crippen LogP contribution in [0.3, 0.4) is 0 Å². The Hall–Kier alpha value is -3.36. The zero-order valence-corrected chi connectivity index (χ0v) is 14.8. The number of phenols is 1. The molecule has 0 bridgehead atoms. The lowest BCUT2D eigenvalue weighted by molar-refractivity contribution is -0.382. The van der Waals surface area contributed by atoms with E-state index in [0.717, 1.165) is 31.6 Å². The van der Waals surface area contributed by atoms with E-state index in [9.17, 15) is 15.2 Å². The summed E-state index contributed by atoms with van der Waals surface area (Å²) in [4.78, 5) is 13.4. The van der Waals surface area contributed by atoms with Crippen LogP contribution in [0.5, 0.6) is 5.75 Å². The highest BCUT2D eigenvalue weighted by Crippen LogP contribution is 2.41. The molecule has 0 spiro atoms. The predicted octanol–water partition coefficient (Wildman–Crippen LogP) is 3.82. The Bertz CT molecular complexity index is 1000. The Kier molecular flexibility index (Phi) is 4.27. The number of piperidine rings is 1. The van der Waals surface area contributed by atoms with Crippen LogP contribution >= 0.6 is 0 Å². The largest absolute Gasteiger partial charge is 0.506 e. The topological polar surface area (TPSA) is 118 Å². The molecule has 2 heterocycles. The lowest BCUT2D eigenvalue weighted by atomic mass is 9.99. The molecule has 0 radical (unpaired) electrons. The van der Waals surface area contributed by atoms with Crippen LogP contribution in [0.1, 0.15) is 19.8 Å². The first-order valence-corrected chi connectivity index (χ1v) is 8.78. The van der Waals surface area contributed by atoms with E-state index >= 15 is 0 Å². The van der Waals surface area contributed by atoms with Crippen molar-refractivity contribution in [2.75, 3.05) is 23.3 Å². The number of nitro groups is 1. The van der Waals surface area contributed by atoms with Gasteiger partial charge in [-0.05, 0) is 47.3 Å². The molecule has 0 aliphatic carbocycles. The molecule has 27 heavy (non-hydrogen) atoms. The summed E-state index contributed by atoms with van der Waals surface area (Å²) in [6, 6.07) is 8.26. The Morgan fingerprint density at radius 2 is 2.07 bits per heavy atom. The van der Waals surface area contributed by atoms with Crippen LogP contribution < -0.4 is 10.2 Å².